The van der Waals surface area contributed by atoms with Gasteiger partial charge < -0.3 is 16.4 Å². The first-order valence-corrected chi connectivity index (χ1v) is 8.93. The lowest BCUT2D eigenvalue weighted by atomic mass is 9.98. The molecule has 6 heteroatoms. The fraction of sp³-hybridized carbons (Fsp3) is 0.350. The van der Waals surface area contributed by atoms with Gasteiger partial charge in [-0.1, -0.05) is 31.2 Å². The maximum atomic E-state index is 12.8. The molecule has 0 bridgehead atoms. The number of nitrogens with two attached hydrogens (primary N) is 1. The van der Waals surface area contributed by atoms with E-state index in [4.69, 9.17) is 5.73 Å². The van der Waals surface area contributed by atoms with Gasteiger partial charge in [-0.05, 0) is 38.8 Å². The summed E-state index contributed by atoms with van der Waals surface area (Å²) in [6.45, 7) is 6.36. The number of anilines is 1. The van der Waals surface area contributed by atoms with Crippen molar-refractivity contribution in [2.24, 2.45) is 5.73 Å². The average molecular weight is 355 g/mol. The van der Waals surface area contributed by atoms with E-state index in [-0.39, 0.29) is 18.0 Å². The van der Waals surface area contributed by atoms with E-state index in [0.29, 0.717) is 35.6 Å². The zero-order valence-electron chi connectivity index (χ0n) is 15.6. The van der Waals surface area contributed by atoms with Crippen LogP contribution in [0.15, 0.2) is 53.4 Å². The van der Waals surface area contributed by atoms with Crippen molar-refractivity contribution in [3.63, 3.8) is 0 Å². The molecule has 3 amide bonds. The van der Waals surface area contributed by atoms with Crippen LogP contribution in [-0.4, -0.2) is 24.5 Å². The molecule has 4 N–H and O–H groups in total. The summed E-state index contributed by atoms with van der Waals surface area (Å²) in [5.74, 6) is -0.216. The first-order valence-electron chi connectivity index (χ1n) is 8.93. The summed E-state index contributed by atoms with van der Waals surface area (Å²) in [6.07, 6.45) is 5.02. The molecule has 0 heterocycles. The molecule has 0 spiro atoms. The van der Waals surface area contributed by atoms with Crippen LogP contribution in [0.5, 0.6) is 0 Å². The Hall–Kier alpha value is -2.76. The number of hydrogen-bond acceptors (Lipinski definition) is 3. The predicted octanol–water partition coefficient (Wildman–Crippen LogP) is 2.84. The second kappa shape index (κ2) is 9.08. The standard InChI is InChI=1S/C20H27N4O2/c1-4-13-22-19(25)16-11-8-12-17(18(16)21)24(20(26)23-14(2)3)15-9-6-5-7-10-15/h5-7,9-12,14H,4,8,13,21H2,1-3H3,(H,22,25)(H,23,26). The van der Waals surface area contributed by atoms with Crippen molar-refractivity contribution in [1.29, 1.82) is 0 Å². The first-order chi connectivity index (χ1) is 12.5. The van der Waals surface area contributed by atoms with Gasteiger partial charge in [-0.15, -0.1) is 0 Å². The van der Waals surface area contributed by atoms with Gasteiger partial charge in [-0.25, -0.2) is 4.79 Å². The van der Waals surface area contributed by atoms with Gasteiger partial charge in [-0.2, -0.15) is 0 Å². The van der Waals surface area contributed by atoms with Crippen LogP contribution in [0.1, 0.15) is 33.6 Å². The lowest BCUT2D eigenvalue weighted by Crippen LogP contribution is -2.44. The van der Waals surface area contributed by atoms with E-state index in [1.165, 1.54) is 4.90 Å². The Bertz CT molecular complexity index is 708. The van der Waals surface area contributed by atoms with Gasteiger partial charge in [0.1, 0.15) is 0 Å². The van der Waals surface area contributed by atoms with E-state index in [9.17, 15) is 9.59 Å². The number of para-hydroxylation sites is 1. The summed E-state index contributed by atoms with van der Waals surface area (Å²) in [7, 11) is 0. The highest BCUT2D eigenvalue weighted by Crippen LogP contribution is 2.28. The Labute approximate surface area is 155 Å². The summed E-state index contributed by atoms with van der Waals surface area (Å²) in [5.41, 5.74) is 8.23. The number of hydrogen-bond donors (Lipinski definition) is 3. The summed E-state index contributed by atoms with van der Waals surface area (Å²) >= 11 is 0. The normalized spacial score (nSPS) is 14.1. The highest BCUT2D eigenvalue weighted by atomic mass is 16.2. The van der Waals surface area contributed by atoms with Crippen molar-refractivity contribution >= 4 is 17.6 Å². The zero-order valence-corrected chi connectivity index (χ0v) is 15.6. The van der Waals surface area contributed by atoms with Crippen LogP contribution in [-0.2, 0) is 4.79 Å². The zero-order chi connectivity index (χ0) is 19.1. The average Bonchev–Trinajstić information content (AvgIpc) is 2.61. The third-order valence-corrected chi connectivity index (χ3v) is 3.85. The van der Waals surface area contributed by atoms with Crippen molar-refractivity contribution in [3.8, 4) is 0 Å². The van der Waals surface area contributed by atoms with Crippen LogP contribution < -0.4 is 21.3 Å². The van der Waals surface area contributed by atoms with Gasteiger partial charge in [-0.3, -0.25) is 9.69 Å². The number of amides is 3. The highest BCUT2D eigenvalue weighted by molar-refractivity contribution is 6.01. The number of carbonyl (C=O) groups excluding carboxylic acids is 2. The lowest BCUT2D eigenvalue weighted by molar-refractivity contribution is -0.117. The number of carbonyl (C=O) groups is 2. The second-order valence-electron chi connectivity index (χ2n) is 6.39. The lowest BCUT2D eigenvalue weighted by Gasteiger charge is -2.30. The van der Waals surface area contributed by atoms with Gasteiger partial charge in [0.2, 0.25) is 5.91 Å². The maximum Gasteiger partial charge on any atom is 0.326 e. The second-order valence-corrected chi connectivity index (χ2v) is 6.39. The Morgan fingerprint density at radius 1 is 1.23 bits per heavy atom. The molecule has 1 aromatic carbocycles. The van der Waals surface area contributed by atoms with Crippen LogP contribution in [0, 0.1) is 6.42 Å². The minimum Gasteiger partial charge on any atom is -0.397 e. The van der Waals surface area contributed by atoms with Crippen LogP contribution in [0.3, 0.4) is 0 Å². The Morgan fingerprint density at radius 2 is 1.92 bits per heavy atom. The highest BCUT2D eigenvalue weighted by Gasteiger charge is 2.28. The molecule has 0 fully saturated rings. The topological polar surface area (TPSA) is 87.5 Å². The molecule has 0 aliphatic heterocycles. The quantitative estimate of drug-likeness (QED) is 0.733. The predicted molar refractivity (Wildman–Crippen MR) is 104 cm³/mol. The molecule has 139 valence electrons. The van der Waals surface area contributed by atoms with Gasteiger partial charge in [0.15, 0.2) is 0 Å². The molecule has 1 aromatic rings. The van der Waals surface area contributed by atoms with Gasteiger partial charge in [0.05, 0.1) is 17.1 Å². The monoisotopic (exact) mass is 355 g/mol. The van der Waals surface area contributed by atoms with Gasteiger partial charge >= 0.3 is 6.03 Å². The number of nitrogens with one attached hydrogen (secondary N) is 2. The summed E-state index contributed by atoms with van der Waals surface area (Å²) in [4.78, 5) is 26.7. The number of urea groups is 1. The van der Waals surface area contributed by atoms with Gasteiger partial charge in [0, 0.05) is 24.6 Å². The van der Waals surface area contributed by atoms with Crippen molar-refractivity contribution < 1.29 is 9.59 Å². The minimum absolute atomic E-state index is 0.0259. The fourth-order valence-electron chi connectivity index (χ4n) is 2.66. The smallest absolute Gasteiger partial charge is 0.326 e. The third-order valence-electron chi connectivity index (χ3n) is 3.85. The molecule has 0 saturated carbocycles. The molecular formula is C20H27N4O2. The molecule has 1 aliphatic rings. The molecule has 0 unspecified atom stereocenters. The van der Waals surface area contributed by atoms with E-state index in [2.05, 4.69) is 10.6 Å². The third kappa shape index (κ3) is 4.65. The molecular weight excluding hydrogens is 328 g/mol. The number of nitrogens with zero attached hydrogens (tertiary/aromatic N) is 1. The van der Waals surface area contributed by atoms with E-state index in [0.717, 1.165) is 6.42 Å². The van der Waals surface area contributed by atoms with E-state index < -0.39 is 0 Å². The molecule has 1 aliphatic carbocycles. The van der Waals surface area contributed by atoms with Crippen molar-refractivity contribution in [3.05, 3.63) is 59.8 Å². The molecule has 1 radical (unpaired) electrons. The van der Waals surface area contributed by atoms with Gasteiger partial charge in [0.25, 0.3) is 0 Å². The molecule has 26 heavy (non-hydrogen) atoms. The molecule has 2 rings (SSSR count). The number of allylic oxidation sites excluding steroid dienone is 1. The first kappa shape index (κ1) is 19.6. The fourth-order valence-corrected chi connectivity index (χ4v) is 2.66. The van der Waals surface area contributed by atoms with E-state index in [1.54, 1.807) is 6.42 Å². The largest absolute Gasteiger partial charge is 0.397 e. The van der Waals surface area contributed by atoms with Crippen molar-refractivity contribution in [2.75, 3.05) is 11.4 Å². The minimum atomic E-state index is -0.282. The summed E-state index contributed by atoms with van der Waals surface area (Å²) in [6, 6.07) is 8.96. The molecule has 0 aromatic heterocycles. The van der Waals surface area contributed by atoms with Crippen molar-refractivity contribution in [1.82, 2.24) is 10.6 Å². The SMILES string of the molecule is CCCNC(=O)C1=C(N)C(N(C(=O)NC(C)C)c2ccccc2)=CC[CH]1. The van der Waals surface area contributed by atoms with Crippen LogP contribution in [0.4, 0.5) is 10.5 Å². The maximum absolute atomic E-state index is 12.8. The Balaban J connectivity index is 2.40. The van der Waals surface area contributed by atoms with Crippen LogP contribution >= 0.6 is 0 Å². The Kier molecular flexibility index (Phi) is 6.83. The van der Waals surface area contributed by atoms with E-state index in [1.807, 2.05) is 57.2 Å². The molecule has 0 atom stereocenters. The van der Waals surface area contributed by atoms with Crippen molar-refractivity contribution in [2.45, 2.75) is 39.7 Å². The number of rotatable bonds is 6. The number of benzene rings is 1. The molecule has 0 saturated heterocycles. The molecule has 6 nitrogen and oxygen atoms in total. The summed E-state index contributed by atoms with van der Waals surface area (Å²) < 4.78 is 0. The Morgan fingerprint density at radius 3 is 2.54 bits per heavy atom. The van der Waals surface area contributed by atoms with E-state index >= 15 is 0 Å². The van der Waals surface area contributed by atoms with Crippen LogP contribution in [0.25, 0.3) is 0 Å². The van der Waals surface area contributed by atoms with Crippen LogP contribution in [0.2, 0.25) is 0 Å². The summed E-state index contributed by atoms with van der Waals surface area (Å²) in [5, 5.41) is 5.73.